The molecule has 0 atom stereocenters. The first kappa shape index (κ1) is 28.8. The Morgan fingerprint density at radius 1 is 1.16 bits per heavy atom. The van der Waals surface area contributed by atoms with E-state index in [0.717, 1.165) is 32.4 Å². The first-order valence-corrected chi connectivity index (χ1v) is 12.1. The third-order valence-corrected chi connectivity index (χ3v) is 7.69. The van der Waals surface area contributed by atoms with Crippen LogP contribution in [0.5, 0.6) is 0 Å². The number of thiophene rings is 1. The number of nitro groups is 1. The van der Waals surface area contributed by atoms with Gasteiger partial charge in [0.2, 0.25) is 0 Å². The number of carbonyl (C=O) groups excluding carboxylic acids is 4. The Balaban J connectivity index is 2.06. The number of benzene rings is 1. The third-order valence-electron chi connectivity index (χ3n) is 4.50. The summed E-state index contributed by atoms with van der Waals surface area (Å²) in [5.74, 6) is -4.01. The molecular weight excluding hydrogens is 536 g/mol. The van der Waals surface area contributed by atoms with Gasteiger partial charge >= 0.3 is 17.9 Å². The summed E-state index contributed by atoms with van der Waals surface area (Å²) in [5.41, 5.74) is -1.06. The minimum Gasteiger partial charge on any atom is -0.465 e. The molecule has 1 aromatic carbocycles. The predicted molar refractivity (Wildman–Crippen MR) is 124 cm³/mol. The van der Waals surface area contributed by atoms with Gasteiger partial charge in [-0.25, -0.2) is 18.0 Å². The number of anilines is 1. The summed E-state index contributed by atoms with van der Waals surface area (Å²) in [6.45, 7) is -0.494. The van der Waals surface area contributed by atoms with Crippen LogP contribution in [0.15, 0.2) is 22.4 Å². The second kappa shape index (κ2) is 12.0. The molecule has 0 saturated heterocycles. The van der Waals surface area contributed by atoms with Crippen LogP contribution in [0.4, 0.5) is 11.4 Å². The number of nitro benzene ring substituents is 1. The molecule has 0 aliphatic heterocycles. The SMILES string of the molecule is COC(=O)c1sc(S(=O)(=O)NCC(=O)OCC(=O)Nc2ccc([N+](=O)[O-])cc2C#N)c(C(=O)OC)c1C. The molecule has 1 amide bonds. The summed E-state index contributed by atoms with van der Waals surface area (Å²) in [6, 6.07) is 4.80. The molecule has 15 nitrogen and oxygen atoms in total. The van der Waals surface area contributed by atoms with E-state index in [2.05, 4.69) is 14.8 Å². The normalized spacial score (nSPS) is 10.6. The van der Waals surface area contributed by atoms with Gasteiger partial charge in [-0.1, -0.05) is 0 Å². The van der Waals surface area contributed by atoms with Crippen LogP contribution in [0.25, 0.3) is 0 Å². The summed E-state index contributed by atoms with van der Waals surface area (Å²) in [4.78, 5) is 58.0. The van der Waals surface area contributed by atoms with Gasteiger partial charge in [0.25, 0.3) is 21.6 Å². The van der Waals surface area contributed by atoms with Crippen molar-refractivity contribution in [2.24, 2.45) is 0 Å². The van der Waals surface area contributed by atoms with Gasteiger partial charge in [0.15, 0.2) is 10.8 Å². The fourth-order valence-corrected chi connectivity index (χ4v) is 5.51. The Labute approximate surface area is 213 Å². The zero-order valence-electron chi connectivity index (χ0n) is 19.3. The lowest BCUT2D eigenvalue weighted by Gasteiger charge is -2.09. The molecule has 0 unspecified atom stereocenters. The highest BCUT2D eigenvalue weighted by Gasteiger charge is 2.33. The van der Waals surface area contributed by atoms with Crippen molar-refractivity contribution in [2.45, 2.75) is 11.1 Å². The molecule has 0 bridgehead atoms. The molecule has 0 aliphatic carbocycles. The molecule has 0 aliphatic rings. The van der Waals surface area contributed by atoms with Crippen LogP contribution in [-0.4, -0.2) is 64.5 Å². The lowest BCUT2D eigenvalue weighted by atomic mass is 10.1. The van der Waals surface area contributed by atoms with Gasteiger partial charge in [-0.3, -0.25) is 19.7 Å². The average Bonchev–Trinajstić information content (AvgIpc) is 3.23. The van der Waals surface area contributed by atoms with Crippen molar-refractivity contribution in [1.82, 2.24) is 4.72 Å². The molecule has 1 heterocycles. The van der Waals surface area contributed by atoms with Crippen molar-refractivity contribution in [2.75, 3.05) is 32.7 Å². The summed E-state index contributed by atoms with van der Waals surface area (Å²) >= 11 is 0.436. The largest absolute Gasteiger partial charge is 0.465 e. The van der Waals surface area contributed by atoms with Gasteiger partial charge in [-0.05, 0) is 18.6 Å². The molecule has 2 N–H and O–H groups in total. The molecule has 0 spiro atoms. The quantitative estimate of drug-likeness (QED) is 0.181. The molecule has 0 radical (unpaired) electrons. The smallest absolute Gasteiger partial charge is 0.348 e. The molecule has 0 fully saturated rings. The van der Waals surface area contributed by atoms with E-state index < -0.39 is 61.7 Å². The molecule has 37 heavy (non-hydrogen) atoms. The van der Waals surface area contributed by atoms with E-state index in [1.54, 1.807) is 6.07 Å². The molecule has 2 rings (SSSR count). The second-order valence-corrected chi connectivity index (χ2v) is 9.82. The number of carbonyl (C=O) groups is 4. The van der Waals surface area contributed by atoms with Crippen molar-refractivity contribution < 1.29 is 46.7 Å². The van der Waals surface area contributed by atoms with Crippen LogP contribution >= 0.6 is 11.3 Å². The Morgan fingerprint density at radius 2 is 1.81 bits per heavy atom. The minimum atomic E-state index is -4.52. The summed E-state index contributed by atoms with van der Waals surface area (Å²) in [6.07, 6.45) is 0. The van der Waals surface area contributed by atoms with Crippen LogP contribution in [0.2, 0.25) is 0 Å². The second-order valence-electron chi connectivity index (χ2n) is 6.83. The van der Waals surface area contributed by atoms with Crippen molar-refractivity contribution in [1.29, 1.82) is 5.26 Å². The van der Waals surface area contributed by atoms with E-state index >= 15 is 0 Å². The number of methoxy groups -OCH3 is 2. The molecular formula is C20H18N4O11S2. The molecule has 17 heteroatoms. The fourth-order valence-electron chi connectivity index (χ4n) is 2.75. The predicted octanol–water partition coefficient (Wildman–Crippen LogP) is 0.870. The number of nitrogens with zero attached hydrogens (tertiary/aromatic N) is 2. The van der Waals surface area contributed by atoms with Crippen molar-refractivity contribution in [3.63, 3.8) is 0 Å². The van der Waals surface area contributed by atoms with Gasteiger partial charge in [0, 0.05) is 12.1 Å². The Bertz CT molecular complexity index is 1420. The number of esters is 3. The van der Waals surface area contributed by atoms with Crippen LogP contribution < -0.4 is 10.0 Å². The van der Waals surface area contributed by atoms with E-state index in [9.17, 15) is 37.7 Å². The van der Waals surface area contributed by atoms with E-state index in [0.29, 0.717) is 11.3 Å². The molecule has 2 aromatic rings. The van der Waals surface area contributed by atoms with E-state index in [1.807, 2.05) is 4.72 Å². The van der Waals surface area contributed by atoms with Crippen molar-refractivity contribution >= 4 is 56.5 Å². The molecule has 1 aromatic heterocycles. The lowest BCUT2D eigenvalue weighted by Crippen LogP contribution is -2.32. The van der Waals surface area contributed by atoms with Gasteiger partial charge < -0.3 is 19.5 Å². The molecule has 0 saturated carbocycles. The zero-order valence-corrected chi connectivity index (χ0v) is 21.0. The van der Waals surface area contributed by atoms with Gasteiger partial charge in [-0.2, -0.15) is 9.98 Å². The van der Waals surface area contributed by atoms with Crippen molar-refractivity contribution in [3.05, 3.63) is 49.9 Å². The fraction of sp³-hybridized carbons (Fsp3) is 0.250. The highest BCUT2D eigenvalue weighted by Crippen LogP contribution is 2.33. The number of nitriles is 1. The number of hydrogen-bond acceptors (Lipinski definition) is 13. The Kier molecular flexibility index (Phi) is 9.37. The van der Waals surface area contributed by atoms with Crippen LogP contribution in [-0.2, 0) is 33.8 Å². The average molecular weight is 555 g/mol. The number of nitrogens with one attached hydrogen (secondary N) is 2. The maximum absolute atomic E-state index is 12.8. The number of rotatable bonds is 10. The third kappa shape index (κ3) is 6.84. The first-order valence-electron chi connectivity index (χ1n) is 9.79. The van der Waals surface area contributed by atoms with Crippen LogP contribution in [0.3, 0.4) is 0 Å². The Hall–Kier alpha value is -4.40. The van der Waals surface area contributed by atoms with Crippen LogP contribution in [0.1, 0.15) is 31.2 Å². The van der Waals surface area contributed by atoms with E-state index in [4.69, 9.17) is 10.00 Å². The topological polar surface area (TPSA) is 221 Å². The first-order chi connectivity index (χ1) is 17.4. The minimum absolute atomic E-state index is 0.00584. The van der Waals surface area contributed by atoms with Gasteiger partial charge in [0.05, 0.1) is 36.0 Å². The summed E-state index contributed by atoms with van der Waals surface area (Å²) in [7, 11) is -2.44. The maximum Gasteiger partial charge on any atom is 0.348 e. The number of hydrogen-bond donors (Lipinski definition) is 2. The number of amides is 1. The van der Waals surface area contributed by atoms with Gasteiger partial charge in [0.1, 0.15) is 17.5 Å². The van der Waals surface area contributed by atoms with Gasteiger partial charge in [-0.15, -0.1) is 11.3 Å². The zero-order chi connectivity index (χ0) is 27.9. The van der Waals surface area contributed by atoms with Crippen molar-refractivity contribution in [3.8, 4) is 6.07 Å². The van der Waals surface area contributed by atoms with Crippen LogP contribution in [0, 0.1) is 28.4 Å². The summed E-state index contributed by atoms with van der Waals surface area (Å²) in [5, 5.41) is 22.1. The summed E-state index contributed by atoms with van der Waals surface area (Å²) < 4.78 is 40.7. The maximum atomic E-state index is 12.8. The number of sulfonamides is 1. The van der Waals surface area contributed by atoms with E-state index in [1.165, 1.54) is 6.92 Å². The van der Waals surface area contributed by atoms with E-state index in [-0.39, 0.29) is 27.4 Å². The number of ether oxygens (including phenoxy) is 3. The molecule has 196 valence electrons. The lowest BCUT2D eigenvalue weighted by molar-refractivity contribution is -0.384. The monoisotopic (exact) mass is 554 g/mol. The number of non-ortho nitro benzene ring substituents is 1. The highest BCUT2D eigenvalue weighted by atomic mass is 32.2. The standard InChI is InChI=1S/C20H18N4O11S2/c1-10-16(18(27)33-2)20(36-17(10)19(28)34-3)37(31,32)22-8-15(26)35-9-14(25)23-13-5-4-12(24(29)30)6-11(13)7-21/h4-6,22H,8-9H2,1-3H3,(H,23,25). The highest BCUT2D eigenvalue weighted by molar-refractivity contribution is 7.91. The Morgan fingerprint density at radius 3 is 2.38 bits per heavy atom.